The molecule has 0 radical (unpaired) electrons. The van der Waals surface area contributed by atoms with Gasteiger partial charge in [-0.05, 0) is 32.1 Å². The van der Waals surface area contributed by atoms with E-state index in [9.17, 15) is 9.59 Å². The summed E-state index contributed by atoms with van der Waals surface area (Å²) < 4.78 is 10.9. The van der Waals surface area contributed by atoms with Crippen LogP contribution in [0.2, 0.25) is 0 Å². The van der Waals surface area contributed by atoms with Gasteiger partial charge in [-0.1, -0.05) is 0 Å². The van der Waals surface area contributed by atoms with Gasteiger partial charge in [-0.25, -0.2) is 4.79 Å². The number of carboxylic acids is 1. The zero-order chi connectivity index (χ0) is 12.7. The van der Waals surface area contributed by atoms with E-state index in [-0.39, 0.29) is 24.2 Å². The Morgan fingerprint density at radius 3 is 2.39 bits per heavy atom. The van der Waals surface area contributed by atoms with Crippen LogP contribution in [0, 0.1) is 0 Å². The minimum Gasteiger partial charge on any atom is -0.479 e. The van der Waals surface area contributed by atoms with E-state index >= 15 is 0 Å². The average molecular weight is 255 g/mol. The standard InChI is InChI=1S/C12H17NO5/c14-11(9-3-4-10(18-9)12(15)16)13-7-5-6-1-2-8(7)17-6/h6-10H,1-5H2,(H,13,14)(H,15,16). The molecule has 0 aromatic rings. The molecule has 3 rings (SSSR count). The Bertz CT molecular complexity index is 371. The summed E-state index contributed by atoms with van der Waals surface area (Å²) in [6, 6.07) is 0.0729. The Kier molecular flexibility index (Phi) is 2.99. The fourth-order valence-electron chi connectivity index (χ4n) is 3.08. The fraction of sp³-hybridized carbons (Fsp3) is 0.833. The van der Waals surface area contributed by atoms with Crippen molar-refractivity contribution in [2.24, 2.45) is 0 Å². The van der Waals surface area contributed by atoms with Crippen molar-refractivity contribution < 1.29 is 24.2 Å². The summed E-state index contributed by atoms with van der Waals surface area (Å²) in [5.74, 6) is -1.19. The highest BCUT2D eigenvalue weighted by molar-refractivity contribution is 5.83. The van der Waals surface area contributed by atoms with E-state index in [1.807, 2.05) is 0 Å². The van der Waals surface area contributed by atoms with E-state index in [0.717, 1.165) is 19.3 Å². The molecule has 1 amide bonds. The van der Waals surface area contributed by atoms with Crippen molar-refractivity contribution in [1.82, 2.24) is 5.32 Å². The largest absolute Gasteiger partial charge is 0.479 e. The first kappa shape index (κ1) is 11.9. The minimum absolute atomic E-state index is 0.0729. The van der Waals surface area contributed by atoms with Crippen LogP contribution >= 0.6 is 0 Å². The summed E-state index contributed by atoms with van der Waals surface area (Å²) in [5.41, 5.74) is 0. The van der Waals surface area contributed by atoms with Gasteiger partial charge >= 0.3 is 5.97 Å². The first-order valence-corrected chi connectivity index (χ1v) is 6.47. The molecule has 0 aliphatic carbocycles. The van der Waals surface area contributed by atoms with Crippen LogP contribution in [-0.4, -0.2) is 47.4 Å². The molecule has 2 N–H and O–H groups in total. The number of aliphatic carboxylic acids is 1. The average Bonchev–Trinajstić information content (AvgIpc) is 3.04. The molecule has 100 valence electrons. The van der Waals surface area contributed by atoms with Crippen LogP contribution in [0.3, 0.4) is 0 Å². The number of carbonyl (C=O) groups excluding carboxylic acids is 1. The van der Waals surface area contributed by atoms with Gasteiger partial charge in [0.2, 0.25) is 5.91 Å². The third-order valence-corrected chi connectivity index (χ3v) is 4.02. The first-order valence-electron chi connectivity index (χ1n) is 6.47. The Morgan fingerprint density at radius 1 is 1.06 bits per heavy atom. The van der Waals surface area contributed by atoms with Crippen molar-refractivity contribution in [3.63, 3.8) is 0 Å². The van der Waals surface area contributed by atoms with Crippen LogP contribution in [0.4, 0.5) is 0 Å². The molecule has 6 heteroatoms. The summed E-state index contributed by atoms with van der Waals surface area (Å²) >= 11 is 0. The van der Waals surface area contributed by atoms with E-state index in [1.165, 1.54) is 0 Å². The number of carbonyl (C=O) groups is 2. The van der Waals surface area contributed by atoms with Gasteiger partial charge in [0.25, 0.3) is 0 Å². The van der Waals surface area contributed by atoms with Crippen LogP contribution in [-0.2, 0) is 19.1 Å². The summed E-state index contributed by atoms with van der Waals surface area (Å²) in [6.45, 7) is 0. The molecule has 0 saturated carbocycles. The summed E-state index contributed by atoms with van der Waals surface area (Å²) in [7, 11) is 0. The summed E-state index contributed by atoms with van der Waals surface area (Å²) in [4.78, 5) is 22.7. The molecule has 0 aromatic carbocycles. The number of carboxylic acid groups (broad SMARTS) is 1. The molecular weight excluding hydrogens is 238 g/mol. The summed E-state index contributed by atoms with van der Waals surface area (Å²) in [5, 5.41) is 11.7. The molecule has 18 heavy (non-hydrogen) atoms. The molecule has 5 atom stereocenters. The maximum Gasteiger partial charge on any atom is 0.332 e. The third-order valence-electron chi connectivity index (χ3n) is 4.02. The quantitative estimate of drug-likeness (QED) is 0.744. The lowest BCUT2D eigenvalue weighted by Gasteiger charge is -2.21. The molecular formula is C12H17NO5. The molecule has 0 aromatic heterocycles. The lowest BCUT2D eigenvalue weighted by molar-refractivity contribution is -0.152. The van der Waals surface area contributed by atoms with E-state index in [2.05, 4.69) is 5.32 Å². The molecule has 2 bridgehead atoms. The summed E-state index contributed by atoms with van der Waals surface area (Å²) in [6.07, 6.45) is 2.79. The van der Waals surface area contributed by atoms with Gasteiger partial charge in [0.05, 0.1) is 18.2 Å². The van der Waals surface area contributed by atoms with E-state index in [1.54, 1.807) is 0 Å². The van der Waals surface area contributed by atoms with Crippen molar-refractivity contribution in [2.45, 2.75) is 62.6 Å². The number of hydrogen-bond donors (Lipinski definition) is 2. The number of nitrogens with one attached hydrogen (secondary N) is 1. The molecule has 3 fully saturated rings. The highest BCUT2D eigenvalue weighted by Crippen LogP contribution is 2.34. The lowest BCUT2D eigenvalue weighted by atomic mass is 9.95. The van der Waals surface area contributed by atoms with Crippen molar-refractivity contribution in [3.8, 4) is 0 Å². The zero-order valence-electron chi connectivity index (χ0n) is 10.0. The van der Waals surface area contributed by atoms with Crippen molar-refractivity contribution in [3.05, 3.63) is 0 Å². The molecule has 3 heterocycles. The SMILES string of the molecule is O=C(O)C1CCC(C(=O)NC2CC3CCC2O3)O1. The van der Waals surface area contributed by atoms with Crippen LogP contribution in [0.5, 0.6) is 0 Å². The maximum absolute atomic E-state index is 12.0. The van der Waals surface area contributed by atoms with E-state index in [0.29, 0.717) is 12.8 Å². The zero-order valence-corrected chi connectivity index (χ0v) is 10.0. The molecule has 6 nitrogen and oxygen atoms in total. The van der Waals surface area contributed by atoms with Crippen molar-refractivity contribution in [2.75, 3.05) is 0 Å². The molecule has 3 saturated heterocycles. The Balaban J connectivity index is 1.52. The van der Waals surface area contributed by atoms with Gasteiger partial charge in [-0.2, -0.15) is 0 Å². The number of hydrogen-bond acceptors (Lipinski definition) is 4. The predicted molar refractivity (Wildman–Crippen MR) is 60.0 cm³/mol. The third kappa shape index (κ3) is 2.10. The Labute approximate surface area is 105 Å². The number of rotatable bonds is 3. The normalized spacial score (nSPS) is 42.1. The Hall–Kier alpha value is -1.14. The fourth-order valence-corrected chi connectivity index (χ4v) is 3.08. The molecule has 5 unspecified atom stereocenters. The number of fused-ring (bicyclic) bond motifs is 2. The van der Waals surface area contributed by atoms with Crippen LogP contribution in [0.1, 0.15) is 32.1 Å². The van der Waals surface area contributed by atoms with Gasteiger partial charge < -0.3 is 19.9 Å². The van der Waals surface area contributed by atoms with Crippen LogP contribution in [0.15, 0.2) is 0 Å². The second kappa shape index (κ2) is 4.51. The lowest BCUT2D eigenvalue weighted by Crippen LogP contribution is -2.46. The van der Waals surface area contributed by atoms with Gasteiger partial charge in [-0.3, -0.25) is 4.79 Å². The molecule has 3 aliphatic heterocycles. The van der Waals surface area contributed by atoms with Gasteiger partial charge in [0.15, 0.2) is 6.10 Å². The maximum atomic E-state index is 12.0. The predicted octanol–water partition coefficient (Wildman–Crippen LogP) is 0.0547. The van der Waals surface area contributed by atoms with E-state index < -0.39 is 18.2 Å². The van der Waals surface area contributed by atoms with Gasteiger partial charge in [0, 0.05) is 0 Å². The van der Waals surface area contributed by atoms with Crippen LogP contribution in [0.25, 0.3) is 0 Å². The first-order chi connectivity index (χ1) is 8.63. The minimum atomic E-state index is -0.992. The second-order valence-corrected chi connectivity index (χ2v) is 5.25. The van der Waals surface area contributed by atoms with Gasteiger partial charge in [0.1, 0.15) is 6.10 Å². The monoisotopic (exact) mass is 255 g/mol. The highest BCUT2D eigenvalue weighted by Gasteiger charge is 2.43. The van der Waals surface area contributed by atoms with E-state index in [4.69, 9.17) is 14.6 Å². The number of ether oxygens (including phenoxy) is 2. The Morgan fingerprint density at radius 2 is 1.83 bits per heavy atom. The topological polar surface area (TPSA) is 84.9 Å². The van der Waals surface area contributed by atoms with Crippen LogP contribution < -0.4 is 5.32 Å². The second-order valence-electron chi connectivity index (χ2n) is 5.25. The van der Waals surface area contributed by atoms with Gasteiger partial charge in [-0.15, -0.1) is 0 Å². The smallest absolute Gasteiger partial charge is 0.332 e. The molecule has 0 spiro atoms. The number of amides is 1. The highest BCUT2D eigenvalue weighted by atomic mass is 16.5. The van der Waals surface area contributed by atoms with Crippen molar-refractivity contribution in [1.29, 1.82) is 0 Å². The molecule has 3 aliphatic rings. The van der Waals surface area contributed by atoms with Crippen molar-refractivity contribution >= 4 is 11.9 Å².